The summed E-state index contributed by atoms with van der Waals surface area (Å²) in [4.78, 5) is 12.0. The number of amides is 1. The van der Waals surface area contributed by atoms with Gasteiger partial charge in [0.05, 0.1) is 22.3 Å². The van der Waals surface area contributed by atoms with E-state index in [2.05, 4.69) is 4.72 Å². The van der Waals surface area contributed by atoms with Gasteiger partial charge in [0.1, 0.15) is 5.82 Å². The summed E-state index contributed by atoms with van der Waals surface area (Å²) in [6.07, 6.45) is 0.183. The van der Waals surface area contributed by atoms with E-state index in [4.69, 9.17) is 0 Å². The lowest BCUT2D eigenvalue weighted by molar-refractivity contribution is -0.119. The van der Waals surface area contributed by atoms with Gasteiger partial charge in [0.2, 0.25) is 26.0 Å². The van der Waals surface area contributed by atoms with Crippen molar-refractivity contribution in [3.05, 3.63) is 59.9 Å². The molecule has 0 saturated carbocycles. The van der Waals surface area contributed by atoms with Crippen LogP contribution in [0.15, 0.2) is 53.4 Å². The quantitative estimate of drug-likeness (QED) is 0.757. The van der Waals surface area contributed by atoms with Crippen molar-refractivity contribution in [1.82, 2.24) is 4.72 Å². The Morgan fingerprint density at radius 3 is 2.36 bits per heavy atom. The maximum atomic E-state index is 13.6. The summed E-state index contributed by atoms with van der Waals surface area (Å²) in [5.74, 6) is -1.87. The Labute approximate surface area is 163 Å². The van der Waals surface area contributed by atoms with E-state index in [1.807, 2.05) is 0 Å². The second-order valence-electron chi connectivity index (χ2n) is 6.52. The molecule has 0 aromatic heterocycles. The number of nitrogens with one attached hydrogen (secondary N) is 1. The molecule has 1 heterocycles. The SMILES string of the molecule is C[C@H]1CS(=O)(=O)N(c2ccc(S(=O)(=O)NCCc3ccccc3F)cc2)C1=O. The highest BCUT2D eigenvalue weighted by molar-refractivity contribution is 7.94. The van der Waals surface area contributed by atoms with Crippen LogP contribution in [0.4, 0.5) is 10.1 Å². The van der Waals surface area contributed by atoms with E-state index >= 15 is 0 Å². The molecule has 0 bridgehead atoms. The lowest BCUT2D eigenvalue weighted by Gasteiger charge is -2.15. The third kappa shape index (κ3) is 4.08. The van der Waals surface area contributed by atoms with Crippen molar-refractivity contribution in [2.75, 3.05) is 16.6 Å². The molecule has 1 N–H and O–H groups in total. The molecule has 1 saturated heterocycles. The first-order valence-electron chi connectivity index (χ1n) is 8.52. The van der Waals surface area contributed by atoms with Crippen LogP contribution in [-0.2, 0) is 31.3 Å². The molecular formula is C18H19FN2O5S2. The van der Waals surface area contributed by atoms with Crippen molar-refractivity contribution in [2.45, 2.75) is 18.2 Å². The molecule has 2 aromatic carbocycles. The van der Waals surface area contributed by atoms with Crippen molar-refractivity contribution >= 4 is 31.6 Å². The predicted molar refractivity (Wildman–Crippen MR) is 102 cm³/mol. The minimum Gasteiger partial charge on any atom is -0.273 e. The van der Waals surface area contributed by atoms with E-state index in [-0.39, 0.29) is 29.3 Å². The highest BCUT2D eigenvalue weighted by Crippen LogP contribution is 2.28. The predicted octanol–water partition coefficient (Wildman–Crippen LogP) is 1.66. The van der Waals surface area contributed by atoms with Gasteiger partial charge >= 0.3 is 0 Å². The van der Waals surface area contributed by atoms with Gasteiger partial charge in [0.25, 0.3) is 0 Å². The molecule has 1 amide bonds. The van der Waals surface area contributed by atoms with Crippen molar-refractivity contribution in [3.8, 4) is 0 Å². The zero-order valence-electron chi connectivity index (χ0n) is 15.0. The molecular weight excluding hydrogens is 407 g/mol. The molecule has 0 spiro atoms. The summed E-state index contributed by atoms with van der Waals surface area (Å²) >= 11 is 0. The second-order valence-corrected chi connectivity index (χ2v) is 10.1. The zero-order chi connectivity index (χ0) is 20.5. The van der Waals surface area contributed by atoms with E-state index in [1.165, 1.54) is 37.3 Å². The largest absolute Gasteiger partial charge is 0.273 e. The number of carbonyl (C=O) groups is 1. The fourth-order valence-electron chi connectivity index (χ4n) is 2.95. The van der Waals surface area contributed by atoms with Gasteiger partial charge in [0.15, 0.2) is 0 Å². The fourth-order valence-corrected chi connectivity index (χ4v) is 5.80. The number of hydrogen-bond acceptors (Lipinski definition) is 5. The van der Waals surface area contributed by atoms with Gasteiger partial charge in [-0.25, -0.2) is 30.3 Å². The minimum atomic E-state index is -3.86. The topological polar surface area (TPSA) is 101 Å². The Morgan fingerprint density at radius 1 is 1.14 bits per heavy atom. The van der Waals surface area contributed by atoms with Gasteiger partial charge in [-0.15, -0.1) is 0 Å². The molecule has 2 aromatic rings. The van der Waals surface area contributed by atoms with Crippen LogP contribution in [0.25, 0.3) is 0 Å². The number of nitrogens with zero attached hydrogens (tertiary/aromatic N) is 1. The Hall–Kier alpha value is -2.30. The van der Waals surface area contributed by atoms with Crippen molar-refractivity contribution < 1.29 is 26.0 Å². The molecule has 7 nitrogen and oxygen atoms in total. The Morgan fingerprint density at radius 2 is 1.79 bits per heavy atom. The number of hydrogen-bond donors (Lipinski definition) is 1. The molecule has 1 fully saturated rings. The smallest absolute Gasteiger partial charge is 0.244 e. The van der Waals surface area contributed by atoms with Crippen LogP contribution in [0, 0.1) is 11.7 Å². The summed E-state index contributed by atoms with van der Waals surface area (Å²) in [7, 11) is -7.61. The number of carbonyl (C=O) groups excluding carboxylic acids is 1. The lowest BCUT2D eigenvalue weighted by atomic mass is 10.1. The number of halogens is 1. The van der Waals surface area contributed by atoms with E-state index in [0.29, 0.717) is 9.87 Å². The van der Waals surface area contributed by atoms with Crippen molar-refractivity contribution in [3.63, 3.8) is 0 Å². The molecule has 1 atom stereocenters. The number of anilines is 1. The Kier molecular flexibility index (Phi) is 5.55. The van der Waals surface area contributed by atoms with Gasteiger partial charge < -0.3 is 0 Å². The summed E-state index contributed by atoms with van der Waals surface area (Å²) in [6.45, 7) is 1.53. The van der Waals surface area contributed by atoms with Crippen LogP contribution < -0.4 is 9.03 Å². The van der Waals surface area contributed by atoms with E-state index < -0.39 is 37.7 Å². The maximum absolute atomic E-state index is 13.6. The van der Waals surface area contributed by atoms with Crippen LogP contribution in [0.5, 0.6) is 0 Å². The second kappa shape index (κ2) is 7.61. The van der Waals surface area contributed by atoms with Crippen molar-refractivity contribution in [1.29, 1.82) is 0 Å². The van der Waals surface area contributed by atoms with Crippen LogP contribution in [-0.4, -0.2) is 35.0 Å². The third-order valence-corrected chi connectivity index (χ3v) is 7.73. The molecule has 28 heavy (non-hydrogen) atoms. The third-order valence-electron chi connectivity index (χ3n) is 4.39. The fraction of sp³-hybridized carbons (Fsp3) is 0.278. The Bertz CT molecular complexity index is 1100. The monoisotopic (exact) mass is 426 g/mol. The highest BCUT2D eigenvalue weighted by Gasteiger charge is 2.41. The maximum Gasteiger partial charge on any atom is 0.244 e. The normalized spacial score (nSPS) is 19.1. The molecule has 150 valence electrons. The standard InChI is InChI=1S/C18H19FN2O5S2/c1-13-12-27(23,24)21(18(13)22)15-6-8-16(9-7-15)28(25,26)20-11-10-14-4-2-3-5-17(14)19/h2-9,13,20H,10-12H2,1H3/t13-/m0/s1. The number of sulfonamides is 2. The van der Waals surface area contributed by atoms with Gasteiger partial charge in [-0.2, -0.15) is 0 Å². The van der Waals surface area contributed by atoms with Crippen LogP contribution >= 0.6 is 0 Å². The highest BCUT2D eigenvalue weighted by atomic mass is 32.2. The first-order chi connectivity index (χ1) is 13.1. The summed E-state index contributed by atoms with van der Waals surface area (Å²) in [6, 6.07) is 11.1. The summed E-state index contributed by atoms with van der Waals surface area (Å²) in [5, 5.41) is 0. The van der Waals surface area contributed by atoms with Gasteiger partial charge in [-0.05, 0) is 42.3 Å². The average Bonchev–Trinajstić information content (AvgIpc) is 2.84. The van der Waals surface area contributed by atoms with Crippen molar-refractivity contribution in [2.24, 2.45) is 5.92 Å². The minimum absolute atomic E-state index is 0.00151. The zero-order valence-corrected chi connectivity index (χ0v) is 16.6. The first kappa shape index (κ1) is 20.4. The summed E-state index contributed by atoms with van der Waals surface area (Å²) < 4.78 is 65.7. The summed E-state index contributed by atoms with van der Waals surface area (Å²) in [5.41, 5.74) is 0.493. The number of rotatable bonds is 6. The van der Waals surface area contributed by atoms with E-state index in [9.17, 15) is 26.0 Å². The van der Waals surface area contributed by atoms with E-state index in [1.54, 1.807) is 18.2 Å². The molecule has 0 unspecified atom stereocenters. The molecule has 0 radical (unpaired) electrons. The molecule has 10 heteroatoms. The van der Waals surface area contributed by atoms with Gasteiger partial charge in [0, 0.05) is 6.54 Å². The van der Waals surface area contributed by atoms with Gasteiger partial charge in [-0.1, -0.05) is 25.1 Å². The van der Waals surface area contributed by atoms with E-state index in [0.717, 1.165) is 0 Å². The van der Waals surface area contributed by atoms with Crippen LogP contribution in [0.1, 0.15) is 12.5 Å². The first-order valence-corrected chi connectivity index (χ1v) is 11.6. The average molecular weight is 426 g/mol. The lowest BCUT2D eigenvalue weighted by Crippen LogP contribution is -2.30. The molecule has 1 aliphatic heterocycles. The number of benzene rings is 2. The van der Waals surface area contributed by atoms with Crippen LogP contribution in [0.2, 0.25) is 0 Å². The molecule has 3 rings (SSSR count). The molecule has 0 aliphatic carbocycles. The van der Waals surface area contributed by atoms with Crippen LogP contribution in [0.3, 0.4) is 0 Å². The Balaban J connectivity index is 1.72. The van der Waals surface area contributed by atoms with Gasteiger partial charge in [-0.3, -0.25) is 4.79 Å². The molecule has 1 aliphatic rings.